The first-order valence-electron chi connectivity index (χ1n) is 9.63. The molecule has 3 N–H and O–H groups in total. The summed E-state index contributed by atoms with van der Waals surface area (Å²) in [5.41, 5.74) is 2.56. The van der Waals surface area contributed by atoms with Crippen LogP contribution in [-0.4, -0.2) is 34.9 Å². The molecule has 0 fully saturated rings. The number of nitrogens with one attached hydrogen (secondary N) is 3. The van der Waals surface area contributed by atoms with Crippen LogP contribution in [0.3, 0.4) is 0 Å². The quantitative estimate of drug-likeness (QED) is 0.393. The smallest absolute Gasteiger partial charge is 0.258 e. The van der Waals surface area contributed by atoms with Gasteiger partial charge in [0.1, 0.15) is 5.75 Å². The zero-order valence-electron chi connectivity index (χ0n) is 16.5. The predicted octanol–water partition coefficient (Wildman–Crippen LogP) is 3.85. The fraction of sp³-hybridized carbons (Fsp3) is 0.0870. The van der Waals surface area contributed by atoms with Crippen molar-refractivity contribution in [3.05, 3.63) is 78.9 Å². The molecule has 1 aromatic heterocycles. The van der Waals surface area contributed by atoms with E-state index in [-0.39, 0.29) is 25.0 Å². The number of H-pyrrole nitrogens is 1. The van der Waals surface area contributed by atoms with E-state index in [1.807, 2.05) is 66.7 Å². The van der Waals surface area contributed by atoms with Gasteiger partial charge in [0.15, 0.2) is 11.8 Å². The van der Waals surface area contributed by atoms with Crippen molar-refractivity contribution in [3.63, 3.8) is 0 Å². The summed E-state index contributed by atoms with van der Waals surface area (Å²) in [6, 6.07) is 24.3. The van der Waals surface area contributed by atoms with Crippen LogP contribution >= 0.6 is 11.8 Å². The van der Waals surface area contributed by atoms with E-state index < -0.39 is 0 Å². The van der Waals surface area contributed by atoms with Gasteiger partial charge in [0.25, 0.3) is 5.91 Å². The van der Waals surface area contributed by atoms with Crippen molar-refractivity contribution >= 4 is 40.3 Å². The summed E-state index contributed by atoms with van der Waals surface area (Å²) >= 11 is 1.51. The fourth-order valence-corrected chi connectivity index (χ4v) is 3.60. The molecule has 31 heavy (non-hydrogen) atoms. The monoisotopic (exact) mass is 432 g/mol. The van der Waals surface area contributed by atoms with Crippen LogP contribution in [0.1, 0.15) is 0 Å². The van der Waals surface area contributed by atoms with Crippen LogP contribution in [0.5, 0.6) is 5.75 Å². The first kappa shape index (κ1) is 20.5. The highest BCUT2D eigenvalue weighted by Gasteiger charge is 2.08. The Morgan fingerprint density at radius 1 is 0.903 bits per heavy atom. The molecule has 2 amide bonds. The number of para-hydroxylation sites is 3. The molecule has 1 heterocycles. The summed E-state index contributed by atoms with van der Waals surface area (Å²) in [4.78, 5) is 32.7. The van der Waals surface area contributed by atoms with E-state index in [2.05, 4.69) is 20.6 Å². The molecular formula is C23H20N4O3S. The van der Waals surface area contributed by atoms with E-state index in [0.29, 0.717) is 11.4 Å². The highest BCUT2D eigenvalue weighted by Crippen LogP contribution is 2.28. The summed E-state index contributed by atoms with van der Waals surface area (Å²) in [5, 5.41) is 6.10. The third-order valence-electron chi connectivity index (χ3n) is 4.28. The van der Waals surface area contributed by atoms with Crippen molar-refractivity contribution in [1.82, 2.24) is 15.3 Å². The number of hydrogen-bond acceptors (Lipinski definition) is 5. The molecule has 0 unspecified atom stereocenters. The summed E-state index contributed by atoms with van der Waals surface area (Å²) in [7, 11) is 0. The minimum Gasteiger partial charge on any atom is -0.484 e. The number of hydrogen-bond donors (Lipinski definition) is 3. The summed E-state index contributed by atoms with van der Waals surface area (Å²) in [6.45, 7) is -0.280. The molecule has 0 aliphatic heterocycles. The lowest BCUT2D eigenvalue weighted by atomic mass is 10.3. The molecular weight excluding hydrogens is 412 g/mol. The molecule has 7 nitrogen and oxygen atoms in total. The van der Waals surface area contributed by atoms with Gasteiger partial charge in [-0.1, -0.05) is 42.1 Å². The fourth-order valence-electron chi connectivity index (χ4n) is 2.80. The lowest BCUT2D eigenvalue weighted by Gasteiger charge is -2.08. The average molecular weight is 433 g/mol. The van der Waals surface area contributed by atoms with E-state index in [1.165, 1.54) is 11.8 Å². The SMILES string of the molecule is O=C(COc1ccccc1)NCC(=O)Nc1ccc(Sc2nc3ccccc3[nH]2)cc1. The molecule has 4 aromatic rings. The van der Waals surface area contributed by atoms with E-state index in [0.717, 1.165) is 21.1 Å². The minimum absolute atomic E-state index is 0.132. The second-order valence-electron chi connectivity index (χ2n) is 6.61. The molecule has 0 bridgehead atoms. The van der Waals surface area contributed by atoms with Crippen LogP contribution in [0.25, 0.3) is 11.0 Å². The first-order valence-corrected chi connectivity index (χ1v) is 10.4. The molecule has 156 valence electrons. The average Bonchev–Trinajstić information content (AvgIpc) is 3.20. The van der Waals surface area contributed by atoms with E-state index in [4.69, 9.17) is 4.74 Å². The number of nitrogens with zero attached hydrogens (tertiary/aromatic N) is 1. The maximum absolute atomic E-state index is 12.1. The van der Waals surface area contributed by atoms with Gasteiger partial charge in [-0.05, 0) is 48.5 Å². The van der Waals surface area contributed by atoms with E-state index in [1.54, 1.807) is 12.1 Å². The molecule has 0 aliphatic carbocycles. The number of imidazole rings is 1. The second-order valence-corrected chi connectivity index (χ2v) is 7.67. The van der Waals surface area contributed by atoms with E-state index in [9.17, 15) is 9.59 Å². The van der Waals surface area contributed by atoms with Gasteiger partial charge in [0, 0.05) is 10.6 Å². The van der Waals surface area contributed by atoms with Gasteiger partial charge in [-0.2, -0.15) is 0 Å². The van der Waals surface area contributed by atoms with Gasteiger partial charge < -0.3 is 20.4 Å². The van der Waals surface area contributed by atoms with Gasteiger partial charge in [0.05, 0.1) is 17.6 Å². The van der Waals surface area contributed by atoms with Gasteiger partial charge in [-0.25, -0.2) is 4.98 Å². The number of aromatic amines is 1. The highest BCUT2D eigenvalue weighted by atomic mass is 32.2. The Kier molecular flexibility index (Phi) is 6.49. The molecule has 0 radical (unpaired) electrons. The van der Waals surface area contributed by atoms with Crippen LogP contribution in [0.2, 0.25) is 0 Å². The van der Waals surface area contributed by atoms with Gasteiger partial charge in [-0.3, -0.25) is 9.59 Å². The predicted molar refractivity (Wildman–Crippen MR) is 120 cm³/mol. The highest BCUT2D eigenvalue weighted by molar-refractivity contribution is 7.99. The van der Waals surface area contributed by atoms with Crippen molar-refractivity contribution in [1.29, 1.82) is 0 Å². The van der Waals surface area contributed by atoms with Crippen molar-refractivity contribution in [2.24, 2.45) is 0 Å². The third kappa shape index (κ3) is 5.86. The first-order chi connectivity index (χ1) is 15.2. The van der Waals surface area contributed by atoms with E-state index >= 15 is 0 Å². The second kappa shape index (κ2) is 9.82. The lowest BCUT2D eigenvalue weighted by molar-refractivity contribution is -0.125. The lowest BCUT2D eigenvalue weighted by Crippen LogP contribution is -2.35. The molecule has 3 aromatic carbocycles. The van der Waals surface area contributed by atoms with Crippen LogP contribution in [0, 0.1) is 0 Å². The largest absolute Gasteiger partial charge is 0.484 e. The number of ether oxygens (including phenoxy) is 1. The molecule has 0 spiro atoms. The van der Waals surface area contributed by atoms with Crippen molar-refractivity contribution in [2.75, 3.05) is 18.5 Å². The maximum atomic E-state index is 12.1. The Morgan fingerprint density at radius 2 is 1.65 bits per heavy atom. The number of carbonyl (C=O) groups is 2. The summed E-state index contributed by atoms with van der Waals surface area (Å²) in [6.07, 6.45) is 0. The van der Waals surface area contributed by atoms with Crippen LogP contribution in [0.4, 0.5) is 5.69 Å². The number of fused-ring (bicyclic) bond motifs is 1. The van der Waals surface area contributed by atoms with Gasteiger partial charge in [-0.15, -0.1) is 0 Å². The Balaban J connectivity index is 1.22. The minimum atomic E-state index is -0.364. The summed E-state index contributed by atoms with van der Waals surface area (Å²) in [5.74, 6) is -0.0787. The zero-order valence-corrected chi connectivity index (χ0v) is 17.3. The standard InChI is InChI=1S/C23H20N4O3S/c28-21(14-24-22(29)15-30-17-6-2-1-3-7-17)25-16-10-12-18(13-11-16)31-23-26-19-8-4-5-9-20(19)27-23/h1-13H,14-15H2,(H,24,29)(H,25,28)(H,26,27). The number of carbonyl (C=O) groups excluding carboxylic acids is 2. The molecule has 8 heteroatoms. The van der Waals surface area contributed by atoms with Gasteiger partial charge in [0.2, 0.25) is 5.91 Å². The molecule has 0 atom stereocenters. The third-order valence-corrected chi connectivity index (χ3v) is 5.17. The Bertz CT molecular complexity index is 1140. The Labute approximate surface area is 183 Å². The number of anilines is 1. The number of aromatic nitrogens is 2. The van der Waals surface area contributed by atoms with Crippen molar-refractivity contribution in [3.8, 4) is 5.75 Å². The van der Waals surface area contributed by atoms with Gasteiger partial charge >= 0.3 is 0 Å². The van der Waals surface area contributed by atoms with Crippen molar-refractivity contribution in [2.45, 2.75) is 10.1 Å². The molecule has 4 rings (SSSR count). The number of rotatable bonds is 8. The molecule has 0 saturated carbocycles. The Morgan fingerprint density at radius 3 is 2.42 bits per heavy atom. The van der Waals surface area contributed by atoms with Crippen LogP contribution in [0.15, 0.2) is 88.9 Å². The van der Waals surface area contributed by atoms with Crippen molar-refractivity contribution < 1.29 is 14.3 Å². The molecule has 0 aliphatic rings. The van der Waals surface area contributed by atoms with Crippen LogP contribution < -0.4 is 15.4 Å². The normalized spacial score (nSPS) is 10.6. The Hall–Kier alpha value is -3.78. The maximum Gasteiger partial charge on any atom is 0.258 e. The summed E-state index contributed by atoms with van der Waals surface area (Å²) < 4.78 is 5.35. The van der Waals surface area contributed by atoms with Crippen LogP contribution in [-0.2, 0) is 9.59 Å². The zero-order chi connectivity index (χ0) is 21.5. The number of amides is 2. The topological polar surface area (TPSA) is 96.1 Å². The molecule has 0 saturated heterocycles. The number of benzene rings is 3.